The number of benzene rings is 2. The zero-order chi connectivity index (χ0) is 18.6. The zero-order valence-corrected chi connectivity index (χ0v) is 15.5. The molecule has 1 heterocycles. The van der Waals surface area contributed by atoms with Crippen LogP contribution in [0.1, 0.15) is 42.7 Å². The molecule has 0 bridgehead atoms. The van der Waals surface area contributed by atoms with Gasteiger partial charge >= 0.3 is 6.09 Å². The molecule has 1 amide bonds. The van der Waals surface area contributed by atoms with E-state index in [9.17, 15) is 9.59 Å². The fraction of sp³-hybridized carbons (Fsp3) is 0.391. The Kier molecular flexibility index (Phi) is 5.23. The van der Waals surface area contributed by atoms with Gasteiger partial charge in [0.05, 0.1) is 0 Å². The lowest BCUT2D eigenvalue weighted by Crippen LogP contribution is -2.39. The lowest BCUT2D eigenvalue weighted by molar-refractivity contribution is -0.108. The predicted octanol–water partition coefficient (Wildman–Crippen LogP) is 4.63. The third kappa shape index (κ3) is 3.61. The van der Waals surface area contributed by atoms with Crippen LogP contribution in [-0.4, -0.2) is 37.0 Å². The van der Waals surface area contributed by atoms with Gasteiger partial charge in [0, 0.05) is 25.4 Å². The molecular formula is C23H25NO3. The van der Waals surface area contributed by atoms with Gasteiger partial charge < -0.3 is 14.4 Å². The molecule has 2 aliphatic rings. The van der Waals surface area contributed by atoms with Crippen molar-refractivity contribution < 1.29 is 14.3 Å². The smallest absolute Gasteiger partial charge is 0.409 e. The van der Waals surface area contributed by atoms with Crippen LogP contribution in [0.2, 0.25) is 0 Å². The SMILES string of the molecule is O=CCCC1CCN(C(=O)OCC2c3ccccc3-c3ccccc32)CC1. The molecule has 2 aromatic carbocycles. The van der Waals surface area contributed by atoms with Crippen molar-refractivity contribution in [2.24, 2.45) is 5.92 Å². The lowest BCUT2D eigenvalue weighted by atomic mass is 9.93. The van der Waals surface area contributed by atoms with E-state index in [1.54, 1.807) is 0 Å². The number of hydrogen-bond acceptors (Lipinski definition) is 3. The molecule has 0 radical (unpaired) electrons. The molecular weight excluding hydrogens is 338 g/mol. The highest BCUT2D eigenvalue weighted by atomic mass is 16.6. The normalized spacial score (nSPS) is 16.7. The molecule has 4 nitrogen and oxygen atoms in total. The Labute approximate surface area is 160 Å². The number of piperidine rings is 1. The second-order valence-electron chi connectivity index (χ2n) is 7.48. The van der Waals surface area contributed by atoms with E-state index in [1.165, 1.54) is 22.3 Å². The first-order valence-corrected chi connectivity index (χ1v) is 9.81. The van der Waals surface area contributed by atoms with Gasteiger partial charge in [0.1, 0.15) is 12.9 Å². The summed E-state index contributed by atoms with van der Waals surface area (Å²) in [6.07, 6.45) is 4.23. The Hall–Kier alpha value is -2.62. The summed E-state index contributed by atoms with van der Waals surface area (Å²) in [7, 11) is 0. The molecule has 0 aromatic heterocycles. The highest BCUT2D eigenvalue weighted by Crippen LogP contribution is 2.44. The Morgan fingerprint density at radius 3 is 2.19 bits per heavy atom. The average Bonchev–Trinajstić information content (AvgIpc) is 3.05. The standard InChI is InChI=1S/C23H25NO3/c25-15-5-6-17-11-13-24(14-12-17)23(26)27-16-22-20-9-3-1-7-18(20)19-8-2-4-10-21(19)22/h1-4,7-10,15,17,22H,5-6,11-14,16H2. The number of carbonyl (C=O) groups is 2. The number of amides is 1. The van der Waals surface area contributed by atoms with Gasteiger partial charge in [-0.15, -0.1) is 0 Å². The first-order chi connectivity index (χ1) is 13.3. The molecule has 1 saturated heterocycles. The van der Waals surface area contributed by atoms with E-state index >= 15 is 0 Å². The number of aldehydes is 1. The van der Waals surface area contributed by atoms with E-state index in [2.05, 4.69) is 36.4 Å². The fourth-order valence-electron chi connectivity index (χ4n) is 4.39. The van der Waals surface area contributed by atoms with Crippen molar-refractivity contribution in [2.75, 3.05) is 19.7 Å². The molecule has 1 fully saturated rings. The highest BCUT2D eigenvalue weighted by molar-refractivity contribution is 5.79. The van der Waals surface area contributed by atoms with Crippen molar-refractivity contribution in [1.29, 1.82) is 0 Å². The number of likely N-dealkylation sites (tertiary alicyclic amines) is 1. The Balaban J connectivity index is 1.38. The van der Waals surface area contributed by atoms with E-state index in [0.717, 1.165) is 38.6 Å². The minimum Gasteiger partial charge on any atom is -0.448 e. The van der Waals surface area contributed by atoms with E-state index in [-0.39, 0.29) is 12.0 Å². The maximum absolute atomic E-state index is 12.5. The molecule has 27 heavy (non-hydrogen) atoms. The van der Waals surface area contributed by atoms with Crippen LogP contribution in [0.4, 0.5) is 4.79 Å². The molecule has 1 aliphatic heterocycles. The van der Waals surface area contributed by atoms with Gasteiger partial charge in [-0.2, -0.15) is 0 Å². The van der Waals surface area contributed by atoms with Gasteiger partial charge in [-0.3, -0.25) is 0 Å². The topological polar surface area (TPSA) is 46.6 Å². The van der Waals surface area contributed by atoms with Crippen molar-refractivity contribution >= 4 is 12.4 Å². The zero-order valence-electron chi connectivity index (χ0n) is 15.5. The van der Waals surface area contributed by atoms with Gasteiger partial charge in [0.2, 0.25) is 0 Å². The van der Waals surface area contributed by atoms with Crippen LogP contribution < -0.4 is 0 Å². The molecule has 1 aliphatic carbocycles. The molecule has 0 spiro atoms. The summed E-state index contributed by atoms with van der Waals surface area (Å²) in [5.74, 6) is 0.652. The quantitative estimate of drug-likeness (QED) is 0.728. The predicted molar refractivity (Wildman–Crippen MR) is 105 cm³/mol. The molecule has 0 saturated carbocycles. The molecule has 0 atom stereocenters. The van der Waals surface area contributed by atoms with Crippen LogP contribution >= 0.6 is 0 Å². The van der Waals surface area contributed by atoms with Crippen LogP contribution in [-0.2, 0) is 9.53 Å². The lowest BCUT2D eigenvalue weighted by Gasteiger charge is -2.31. The molecule has 4 rings (SSSR count). The largest absolute Gasteiger partial charge is 0.448 e. The molecule has 2 aromatic rings. The van der Waals surface area contributed by atoms with Crippen molar-refractivity contribution in [3.8, 4) is 11.1 Å². The van der Waals surface area contributed by atoms with E-state index in [4.69, 9.17) is 4.74 Å². The number of ether oxygens (including phenoxy) is 1. The maximum Gasteiger partial charge on any atom is 0.409 e. The van der Waals surface area contributed by atoms with Crippen molar-refractivity contribution in [2.45, 2.75) is 31.6 Å². The summed E-state index contributed by atoms with van der Waals surface area (Å²) >= 11 is 0. The number of rotatable bonds is 5. The van der Waals surface area contributed by atoms with E-state index in [1.807, 2.05) is 17.0 Å². The van der Waals surface area contributed by atoms with Gasteiger partial charge in [0.25, 0.3) is 0 Å². The number of nitrogens with zero attached hydrogens (tertiary/aromatic N) is 1. The van der Waals surface area contributed by atoms with Crippen molar-refractivity contribution in [3.05, 3.63) is 59.7 Å². The molecule has 4 heteroatoms. The molecule has 0 N–H and O–H groups in total. The first-order valence-electron chi connectivity index (χ1n) is 9.81. The van der Waals surface area contributed by atoms with Crippen LogP contribution in [0.3, 0.4) is 0 Å². The van der Waals surface area contributed by atoms with E-state index in [0.29, 0.717) is 18.9 Å². The van der Waals surface area contributed by atoms with Gasteiger partial charge in [0.15, 0.2) is 0 Å². The second-order valence-corrected chi connectivity index (χ2v) is 7.48. The summed E-state index contributed by atoms with van der Waals surface area (Å²) in [5.41, 5.74) is 4.95. The number of carbonyl (C=O) groups excluding carboxylic acids is 2. The third-order valence-corrected chi connectivity index (χ3v) is 5.90. The monoisotopic (exact) mass is 363 g/mol. The van der Waals surface area contributed by atoms with Crippen LogP contribution in [0.15, 0.2) is 48.5 Å². The number of fused-ring (bicyclic) bond motifs is 3. The number of hydrogen-bond donors (Lipinski definition) is 0. The third-order valence-electron chi connectivity index (χ3n) is 5.90. The molecule has 0 unspecified atom stereocenters. The second kappa shape index (κ2) is 7.95. The minimum absolute atomic E-state index is 0.103. The Morgan fingerprint density at radius 2 is 1.59 bits per heavy atom. The maximum atomic E-state index is 12.5. The van der Waals surface area contributed by atoms with Crippen LogP contribution in [0.25, 0.3) is 11.1 Å². The van der Waals surface area contributed by atoms with Gasteiger partial charge in [-0.05, 0) is 47.4 Å². The van der Waals surface area contributed by atoms with Gasteiger partial charge in [-0.25, -0.2) is 4.79 Å². The minimum atomic E-state index is -0.217. The summed E-state index contributed by atoms with van der Waals surface area (Å²) in [4.78, 5) is 24.9. The fourth-order valence-corrected chi connectivity index (χ4v) is 4.39. The Morgan fingerprint density at radius 1 is 1.00 bits per heavy atom. The highest BCUT2D eigenvalue weighted by Gasteiger charge is 2.30. The van der Waals surface area contributed by atoms with E-state index < -0.39 is 0 Å². The van der Waals surface area contributed by atoms with Crippen molar-refractivity contribution in [3.63, 3.8) is 0 Å². The first kappa shape index (κ1) is 17.8. The summed E-state index contributed by atoms with van der Waals surface area (Å²) in [6, 6.07) is 16.7. The van der Waals surface area contributed by atoms with Crippen molar-refractivity contribution in [1.82, 2.24) is 4.90 Å². The summed E-state index contributed by atoms with van der Waals surface area (Å²) in [6.45, 7) is 1.82. The van der Waals surface area contributed by atoms with Crippen LogP contribution in [0, 0.1) is 5.92 Å². The van der Waals surface area contributed by atoms with Gasteiger partial charge in [-0.1, -0.05) is 48.5 Å². The molecule has 140 valence electrons. The summed E-state index contributed by atoms with van der Waals surface area (Å²) < 4.78 is 5.73. The Bertz CT molecular complexity index is 778. The summed E-state index contributed by atoms with van der Waals surface area (Å²) in [5, 5.41) is 0. The average molecular weight is 363 g/mol. The van der Waals surface area contributed by atoms with Crippen LogP contribution in [0.5, 0.6) is 0 Å².